The molecule has 0 heterocycles. The van der Waals surface area contributed by atoms with E-state index in [1.807, 2.05) is 30.3 Å². The maximum absolute atomic E-state index is 12.1. The molecule has 3 rings (SSSR count). The van der Waals surface area contributed by atoms with Crippen LogP contribution in [0.3, 0.4) is 0 Å². The number of amides is 2. The molecule has 2 amide bonds. The SMILES string of the molecule is N#Cc1ccccc1NC(=O)C(=O)NC[C@@]1(O)CCc2ccccc2C1. The Morgan fingerprint density at radius 2 is 1.77 bits per heavy atom. The zero-order valence-electron chi connectivity index (χ0n) is 14.2. The fourth-order valence-corrected chi connectivity index (χ4v) is 3.13. The number of anilines is 1. The standard InChI is InChI=1S/C20H19N3O3/c21-12-16-7-3-4-8-17(16)23-19(25)18(24)22-13-20(26)10-9-14-5-1-2-6-15(14)11-20/h1-8,26H,9-11,13H2,(H,22,24)(H,23,25)/t20-/m1/s1. The third kappa shape index (κ3) is 3.90. The molecule has 0 spiro atoms. The van der Waals surface area contributed by atoms with E-state index >= 15 is 0 Å². The van der Waals surface area contributed by atoms with Gasteiger partial charge in [0.25, 0.3) is 0 Å². The molecule has 0 fully saturated rings. The van der Waals surface area contributed by atoms with Crippen molar-refractivity contribution in [3.63, 3.8) is 0 Å². The first kappa shape index (κ1) is 17.6. The second-order valence-electron chi connectivity index (χ2n) is 6.46. The number of benzene rings is 2. The van der Waals surface area contributed by atoms with Crippen molar-refractivity contribution in [2.24, 2.45) is 0 Å². The minimum absolute atomic E-state index is 0.00646. The highest BCUT2D eigenvalue weighted by Gasteiger charge is 2.33. The Morgan fingerprint density at radius 3 is 2.54 bits per heavy atom. The highest BCUT2D eigenvalue weighted by molar-refractivity contribution is 6.39. The van der Waals surface area contributed by atoms with Gasteiger partial charge in [-0.05, 0) is 36.1 Å². The number of carbonyl (C=O) groups is 2. The van der Waals surface area contributed by atoms with Crippen molar-refractivity contribution >= 4 is 17.5 Å². The van der Waals surface area contributed by atoms with E-state index in [2.05, 4.69) is 10.6 Å². The van der Waals surface area contributed by atoms with Gasteiger partial charge in [0.2, 0.25) is 0 Å². The average Bonchev–Trinajstić information content (AvgIpc) is 2.66. The number of nitriles is 1. The van der Waals surface area contributed by atoms with Crippen molar-refractivity contribution in [2.45, 2.75) is 24.9 Å². The normalized spacial score (nSPS) is 18.3. The van der Waals surface area contributed by atoms with E-state index in [4.69, 9.17) is 5.26 Å². The Hall–Kier alpha value is -3.17. The number of carbonyl (C=O) groups excluding carboxylic acids is 2. The lowest BCUT2D eigenvalue weighted by Crippen LogP contribution is -2.49. The molecular formula is C20H19N3O3. The molecular weight excluding hydrogens is 330 g/mol. The quantitative estimate of drug-likeness (QED) is 0.731. The summed E-state index contributed by atoms with van der Waals surface area (Å²) in [5.41, 5.74) is 1.74. The Bertz CT molecular complexity index is 888. The molecule has 0 saturated carbocycles. The number of nitrogens with zero attached hydrogens (tertiary/aromatic N) is 1. The average molecular weight is 349 g/mol. The van der Waals surface area contributed by atoms with E-state index in [0.29, 0.717) is 12.8 Å². The number of nitrogens with one attached hydrogen (secondary N) is 2. The summed E-state index contributed by atoms with van der Waals surface area (Å²) in [7, 11) is 0. The smallest absolute Gasteiger partial charge is 0.313 e. The lowest BCUT2D eigenvalue weighted by atomic mass is 9.80. The van der Waals surface area contributed by atoms with Gasteiger partial charge in [0.15, 0.2) is 0 Å². The molecule has 2 aromatic rings. The highest BCUT2D eigenvalue weighted by atomic mass is 16.3. The largest absolute Gasteiger partial charge is 0.388 e. The number of hydrogen-bond donors (Lipinski definition) is 3. The van der Waals surface area contributed by atoms with Crippen molar-refractivity contribution in [3.05, 3.63) is 65.2 Å². The zero-order chi connectivity index (χ0) is 18.6. The van der Waals surface area contributed by atoms with Gasteiger partial charge in [-0.1, -0.05) is 36.4 Å². The summed E-state index contributed by atoms with van der Waals surface area (Å²) in [5, 5.41) is 24.7. The zero-order valence-corrected chi connectivity index (χ0v) is 14.2. The first-order valence-corrected chi connectivity index (χ1v) is 8.38. The molecule has 0 unspecified atom stereocenters. The number of para-hydroxylation sites is 1. The van der Waals surface area contributed by atoms with Crippen LogP contribution in [0, 0.1) is 11.3 Å². The predicted molar refractivity (Wildman–Crippen MR) is 96.2 cm³/mol. The number of fused-ring (bicyclic) bond motifs is 1. The van der Waals surface area contributed by atoms with Crippen LogP contribution in [0.15, 0.2) is 48.5 Å². The van der Waals surface area contributed by atoms with E-state index in [1.54, 1.807) is 24.3 Å². The lowest BCUT2D eigenvalue weighted by Gasteiger charge is -2.33. The van der Waals surface area contributed by atoms with Gasteiger partial charge in [0.1, 0.15) is 6.07 Å². The number of aliphatic hydroxyl groups is 1. The first-order valence-electron chi connectivity index (χ1n) is 8.38. The summed E-state index contributed by atoms with van der Waals surface area (Å²) in [6.07, 6.45) is 1.68. The molecule has 2 aromatic carbocycles. The van der Waals surface area contributed by atoms with E-state index in [9.17, 15) is 14.7 Å². The second-order valence-corrected chi connectivity index (χ2v) is 6.46. The maximum atomic E-state index is 12.1. The van der Waals surface area contributed by atoms with E-state index < -0.39 is 17.4 Å². The Balaban J connectivity index is 1.59. The molecule has 6 nitrogen and oxygen atoms in total. The minimum atomic E-state index is -1.07. The van der Waals surface area contributed by atoms with Crippen LogP contribution >= 0.6 is 0 Å². The van der Waals surface area contributed by atoms with Gasteiger partial charge in [-0.25, -0.2) is 0 Å². The predicted octanol–water partition coefficient (Wildman–Crippen LogP) is 1.53. The van der Waals surface area contributed by atoms with Gasteiger partial charge < -0.3 is 15.7 Å². The molecule has 0 aliphatic heterocycles. The van der Waals surface area contributed by atoms with Crippen LogP contribution in [0.1, 0.15) is 23.1 Å². The summed E-state index contributed by atoms with van der Waals surface area (Å²) < 4.78 is 0. The summed E-state index contributed by atoms with van der Waals surface area (Å²) in [6, 6.07) is 16.3. The third-order valence-corrected chi connectivity index (χ3v) is 4.58. The van der Waals surface area contributed by atoms with Crippen LogP contribution in [0.25, 0.3) is 0 Å². The van der Waals surface area contributed by atoms with E-state index in [0.717, 1.165) is 12.0 Å². The molecule has 26 heavy (non-hydrogen) atoms. The number of aryl methyl sites for hydroxylation is 1. The van der Waals surface area contributed by atoms with E-state index in [-0.39, 0.29) is 17.8 Å². The first-order chi connectivity index (χ1) is 12.5. The number of hydrogen-bond acceptors (Lipinski definition) is 4. The van der Waals surface area contributed by atoms with Gasteiger partial charge in [-0.15, -0.1) is 0 Å². The maximum Gasteiger partial charge on any atom is 0.313 e. The van der Waals surface area contributed by atoms with Gasteiger partial charge in [-0.3, -0.25) is 9.59 Å². The van der Waals surface area contributed by atoms with Gasteiger partial charge in [0.05, 0.1) is 16.9 Å². The molecule has 0 saturated heterocycles. The van der Waals surface area contributed by atoms with E-state index in [1.165, 1.54) is 5.56 Å². The van der Waals surface area contributed by atoms with Crippen LogP contribution in [0.4, 0.5) is 5.69 Å². The van der Waals surface area contributed by atoms with Crippen LogP contribution in [-0.4, -0.2) is 29.1 Å². The van der Waals surface area contributed by atoms with Crippen LogP contribution in [-0.2, 0) is 22.4 Å². The summed E-state index contributed by atoms with van der Waals surface area (Å²) in [4.78, 5) is 24.1. The second kappa shape index (κ2) is 7.38. The molecule has 1 aliphatic carbocycles. The monoisotopic (exact) mass is 349 g/mol. The van der Waals surface area contributed by atoms with Gasteiger partial charge >= 0.3 is 11.8 Å². The molecule has 0 aromatic heterocycles. The molecule has 6 heteroatoms. The third-order valence-electron chi connectivity index (χ3n) is 4.58. The van der Waals surface area contributed by atoms with Crippen LogP contribution < -0.4 is 10.6 Å². The fraction of sp³-hybridized carbons (Fsp3) is 0.250. The van der Waals surface area contributed by atoms with Crippen LogP contribution in [0.5, 0.6) is 0 Å². The topological polar surface area (TPSA) is 102 Å². The molecule has 1 atom stereocenters. The number of rotatable bonds is 3. The van der Waals surface area contributed by atoms with Crippen molar-refractivity contribution < 1.29 is 14.7 Å². The highest BCUT2D eigenvalue weighted by Crippen LogP contribution is 2.28. The molecule has 1 aliphatic rings. The lowest BCUT2D eigenvalue weighted by molar-refractivity contribution is -0.136. The van der Waals surface area contributed by atoms with Crippen molar-refractivity contribution in [1.29, 1.82) is 5.26 Å². The van der Waals surface area contributed by atoms with Crippen molar-refractivity contribution in [3.8, 4) is 6.07 Å². The summed E-state index contributed by atoms with van der Waals surface area (Å²) in [6.45, 7) is -0.00646. The Labute approximate surface area is 151 Å². The van der Waals surface area contributed by atoms with Gasteiger partial charge in [-0.2, -0.15) is 5.26 Å². The summed E-state index contributed by atoms with van der Waals surface area (Å²) >= 11 is 0. The molecule has 0 bridgehead atoms. The molecule has 0 radical (unpaired) electrons. The molecule has 132 valence electrons. The van der Waals surface area contributed by atoms with Gasteiger partial charge in [0, 0.05) is 13.0 Å². The Kier molecular flexibility index (Phi) is 5.01. The Morgan fingerprint density at radius 1 is 1.08 bits per heavy atom. The van der Waals surface area contributed by atoms with Crippen molar-refractivity contribution in [2.75, 3.05) is 11.9 Å². The minimum Gasteiger partial charge on any atom is -0.388 e. The van der Waals surface area contributed by atoms with Crippen LogP contribution in [0.2, 0.25) is 0 Å². The fourth-order valence-electron chi connectivity index (χ4n) is 3.13. The molecule has 3 N–H and O–H groups in total. The summed E-state index contributed by atoms with van der Waals surface area (Å²) in [5.74, 6) is -1.71. The van der Waals surface area contributed by atoms with Crippen molar-refractivity contribution in [1.82, 2.24) is 5.32 Å².